The number of ether oxygens (including phenoxy) is 1. The predicted octanol–water partition coefficient (Wildman–Crippen LogP) is 2.31. The second-order valence-corrected chi connectivity index (χ2v) is 5.63. The van der Waals surface area contributed by atoms with Crippen LogP contribution in [-0.4, -0.2) is 42.6 Å². The van der Waals surface area contributed by atoms with Crippen LogP contribution in [-0.2, 0) is 9.53 Å². The molecule has 4 nitrogen and oxygen atoms in total. The minimum atomic E-state index is -0.00959. The SMILES string of the molecule is CCCCCCCCC(=O)N1CCOC(C(C)N)C1. The molecule has 0 aromatic heterocycles. The highest BCUT2D eigenvalue weighted by atomic mass is 16.5. The Kier molecular flexibility index (Phi) is 8.07. The van der Waals surface area contributed by atoms with Crippen molar-refractivity contribution >= 4 is 5.91 Å². The van der Waals surface area contributed by atoms with Gasteiger partial charge in [0.2, 0.25) is 5.91 Å². The number of morpholine rings is 1. The van der Waals surface area contributed by atoms with E-state index < -0.39 is 0 Å². The van der Waals surface area contributed by atoms with Crippen molar-refractivity contribution in [3.8, 4) is 0 Å². The van der Waals surface area contributed by atoms with Gasteiger partial charge in [0.1, 0.15) is 0 Å². The van der Waals surface area contributed by atoms with Gasteiger partial charge in [-0.15, -0.1) is 0 Å². The lowest BCUT2D eigenvalue weighted by molar-refractivity contribution is -0.139. The molecule has 1 rings (SSSR count). The molecule has 1 saturated heterocycles. The quantitative estimate of drug-likeness (QED) is 0.689. The molecule has 4 heteroatoms. The third kappa shape index (κ3) is 6.39. The molecule has 1 amide bonds. The smallest absolute Gasteiger partial charge is 0.222 e. The van der Waals surface area contributed by atoms with Crippen LogP contribution in [0.25, 0.3) is 0 Å². The average Bonchev–Trinajstić information content (AvgIpc) is 2.42. The molecule has 0 radical (unpaired) electrons. The van der Waals surface area contributed by atoms with Crippen LogP contribution in [0.15, 0.2) is 0 Å². The number of nitrogens with two attached hydrogens (primary N) is 1. The Morgan fingerprint density at radius 2 is 2.00 bits per heavy atom. The monoisotopic (exact) mass is 270 g/mol. The molecule has 2 unspecified atom stereocenters. The van der Waals surface area contributed by atoms with Crippen LogP contribution in [0.3, 0.4) is 0 Å². The first kappa shape index (κ1) is 16.4. The molecule has 0 aliphatic carbocycles. The number of carbonyl (C=O) groups excluding carboxylic acids is 1. The van der Waals surface area contributed by atoms with Gasteiger partial charge in [-0.3, -0.25) is 4.79 Å². The summed E-state index contributed by atoms with van der Waals surface area (Å²) in [6.07, 6.45) is 8.01. The zero-order chi connectivity index (χ0) is 14.1. The first-order valence-electron chi connectivity index (χ1n) is 7.80. The highest BCUT2D eigenvalue weighted by Gasteiger charge is 2.25. The number of hydrogen-bond donors (Lipinski definition) is 1. The average molecular weight is 270 g/mol. The van der Waals surface area contributed by atoms with Crippen LogP contribution >= 0.6 is 0 Å². The van der Waals surface area contributed by atoms with Crippen LogP contribution < -0.4 is 5.73 Å². The van der Waals surface area contributed by atoms with Gasteiger partial charge in [0.15, 0.2) is 0 Å². The Labute approximate surface area is 117 Å². The van der Waals surface area contributed by atoms with Crippen molar-refractivity contribution in [2.45, 2.75) is 70.9 Å². The van der Waals surface area contributed by atoms with E-state index in [1.54, 1.807) is 0 Å². The van der Waals surface area contributed by atoms with Crippen LogP contribution in [0.2, 0.25) is 0 Å². The van der Waals surface area contributed by atoms with Crippen LogP contribution in [0.5, 0.6) is 0 Å². The van der Waals surface area contributed by atoms with Gasteiger partial charge in [0, 0.05) is 25.6 Å². The molecule has 2 N–H and O–H groups in total. The molecular formula is C15H30N2O2. The van der Waals surface area contributed by atoms with Crippen LogP contribution in [0.1, 0.15) is 58.8 Å². The third-order valence-electron chi connectivity index (χ3n) is 3.78. The minimum absolute atomic E-state index is 0.00209. The third-order valence-corrected chi connectivity index (χ3v) is 3.78. The van der Waals surface area contributed by atoms with Gasteiger partial charge in [-0.25, -0.2) is 0 Å². The molecule has 0 aromatic carbocycles. The molecule has 19 heavy (non-hydrogen) atoms. The zero-order valence-corrected chi connectivity index (χ0v) is 12.6. The van der Waals surface area contributed by atoms with E-state index >= 15 is 0 Å². The van der Waals surface area contributed by atoms with Gasteiger partial charge in [-0.1, -0.05) is 39.0 Å². The topological polar surface area (TPSA) is 55.6 Å². The van der Waals surface area contributed by atoms with E-state index in [-0.39, 0.29) is 18.1 Å². The lowest BCUT2D eigenvalue weighted by atomic mass is 10.1. The summed E-state index contributed by atoms with van der Waals surface area (Å²) in [4.78, 5) is 14.0. The van der Waals surface area contributed by atoms with E-state index in [0.717, 1.165) is 13.0 Å². The first-order valence-corrected chi connectivity index (χ1v) is 7.80. The van der Waals surface area contributed by atoms with E-state index in [4.69, 9.17) is 10.5 Å². The minimum Gasteiger partial charge on any atom is -0.373 e. The molecule has 0 spiro atoms. The predicted molar refractivity (Wildman–Crippen MR) is 78.0 cm³/mol. The van der Waals surface area contributed by atoms with Crippen molar-refractivity contribution in [2.75, 3.05) is 19.7 Å². The maximum atomic E-state index is 12.1. The maximum absolute atomic E-state index is 12.1. The normalized spacial score (nSPS) is 21.4. The summed E-state index contributed by atoms with van der Waals surface area (Å²) in [7, 11) is 0. The fourth-order valence-corrected chi connectivity index (χ4v) is 2.43. The number of unbranched alkanes of at least 4 members (excludes halogenated alkanes) is 5. The summed E-state index contributed by atoms with van der Waals surface area (Å²) in [5, 5.41) is 0. The van der Waals surface area contributed by atoms with Crippen LogP contribution in [0.4, 0.5) is 0 Å². The van der Waals surface area contributed by atoms with E-state index in [1.165, 1.54) is 32.1 Å². The van der Waals surface area contributed by atoms with Gasteiger partial charge in [0.25, 0.3) is 0 Å². The van der Waals surface area contributed by atoms with Gasteiger partial charge in [-0.05, 0) is 13.3 Å². The van der Waals surface area contributed by atoms with E-state index in [9.17, 15) is 4.79 Å². The van der Waals surface area contributed by atoms with Crippen molar-refractivity contribution in [2.24, 2.45) is 5.73 Å². The summed E-state index contributed by atoms with van der Waals surface area (Å²) in [5.41, 5.74) is 5.83. The Morgan fingerprint density at radius 1 is 1.32 bits per heavy atom. The highest BCUT2D eigenvalue weighted by molar-refractivity contribution is 5.76. The molecule has 0 bridgehead atoms. The highest BCUT2D eigenvalue weighted by Crippen LogP contribution is 2.12. The molecule has 2 atom stereocenters. The summed E-state index contributed by atoms with van der Waals surface area (Å²) in [6, 6.07) is -0.00959. The van der Waals surface area contributed by atoms with Gasteiger partial charge in [0.05, 0.1) is 12.7 Å². The summed E-state index contributed by atoms with van der Waals surface area (Å²) in [6.45, 7) is 6.15. The fourth-order valence-electron chi connectivity index (χ4n) is 2.43. The fraction of sp³-hybridized carbons (Fsp3) is 0.933. The van der Waals surface area contributed by atoms with Crippen molar-refractivity contribution in [1.29, 1.82) is 0 Å². The Balaban J connectivity index is 2.14. The second kappa shape index (κ2) is 9.32. The first-order chi connectivity index (χ1) is 9.15. The molecule has 112 valence electrons. The summed E-state index contributed by atoms with van der Waals surface area (Å²) >= 11 is 0. The number of nitrogens with zero attached hydrogens (tertiary/aromatic N) is 1. The van der Waals surface area contributed by atoms with E-state index in [0.29, 0.717) is 19.6 Å². The molecular weight excluding hydrogens is 240 g/mol. The number of rotatable bonds is 8. The molecule has 1 aliphatic rings. The number of amides is 1. The van der Waals surface area contributed by atoms with Gasteiger partial charge < -0.3 is 15.4 Å². The van der Waals surface area contributed by atoms with Crippen molar-refractivity contribution in [3.05, 3.63) is 0 Å². The molecule has 1 aliphatic heterocycles. The number of hydrogen-bond acceptors (Lipinski definition) is 3. The Bertz CT molecular complexity index is 257. The van der Waals surface area contributed by atoms with E-state index in [1.807, 2.05) is 11.8 Å². The van der Waals surface area contributed by atoms with Crippen molar-refractivity contribution < 1.29 is 9.53 Å². The molecule has 0 saturated carbocycles. The van der Waals surface area contributed by atoms with E-state index in [2.05, 4.69) is 6.92 Å². The standard InChI is InChI=1S/C15H30N2O2/c1-3-4-5-6-7-8-9-15(18)17-10-11-19-14(12-17)13(2)16/h13-14H,3-12,16H2,1-2H3. The van der Waals surface area contributed by atoms with Gasteiger partial charge >= 0.3 is 0 Å². The lowest BCUT2D eigenvalue weighted by Gasteiger charge is -2.34. The number of carbonyl (C=O) groups is 1. The zero-order valence-electron chi connectivity index (χ0n) is 12.6. The van der Waals surface area contributed by atoms with Crippen molar-refractivity contribution in [1.82, 2.24) is 4.90 Å². The Hall–Kier alpha value is -0.610. The molecule has 0 aromatic rings. The largest absolute Gasteiger partial charge is 0.373 e. The molecule has 1 fully saturated rings. The van der Waals surface area contributed by atoms with Crippen LogP contribution in [0, 0.1) is 0 Å². The van der Waals surface area contributed by atoms with Crippen molar-refractivity contribution in [3.63, 3.8) is 0 Å². The lowest BCUT2D eigenvalue weighted by Crippen LogP contribution is -2.51. The second-order valence-electron chi connectivity index (χ2n) is 5.63. The Morgan fingerprint density at radius 3 is 2.68 bits per heavy atom. The van der Waals surface area contributed by atoms with Gasteiger partial charge in [-0.2, -0.15) is 0 Å². The summed E-state index contributed by atoms with van der Waals surface area (Å²) < 4.78 is 5.57. The summed E-state index contributed by atoms with van der Waals surface area (Å²) in [5.74, 6) is 0.268. The maximum Gasteiger partial charge on any atom is 0.222 e. The molecule has 1 heterocycles.